The van der Waals surface area contributed by atoms with Gasteiger partial charge in [-0.2, -0.15) is 31.6 Å². The molecule has 0 amide bonds. The normalized spacial score (nSPS) is 15.0. The minimum Gasteiger partial charge on any atom is -0.485 e. The maximum Gasteiger partial charge on any atom is 0.456 e. The summed E-state index contributed by atoms with van der Waals surface area (Å²) in [5.74, 6) is -4.56. The predicted molar refractivity (Wildman–Crippen MR) is 112 cm³/mol. The lowest BCUT2D eigenvalue weighted by atomic mass is 10.2. The van der Waals surface area contributed by atoms with Crippen molar-refractivity contribution in [2.45, 2.75) is 36.9 Å². The lowest BCUT2D eigenvalue weighted by molar-refractivity contribution is -0.290. The molecule has 0 aromatic carbocycles. The Morgan fingerprint density at radius 1 is 1.15 bits per heavy atom. The predicted octanol–water partition coefficient (Wildman–Crippen LogP) is 3.98. The summed E-state index contributed by atoms with van der Waals surface area (Å²) in [6.45, 7) is 0.228. The molecule has 14 heteroatoms. The second-order valence-corrected chi connectivity index (χ2v) is 10.0. The molecule has 0 unspecified atom stereocenters. The topological polar surface area (TPSA) is 98.5 Å². The second kappa shape index (κ2) is 8.64. The molecule has 0 atom stereocenters. The Morgan fingerprint density at radius 3 is 2.47 bits per heavy atom. The number of nitrogens with one attached hydrogen (secondary N) is 1. The quantitative estimate of drug-likeness (QED) is 0.439. The molecule has 8 nitrogen and oxygen atoms in total. The number of ether oxygens (including phenoxy) is 1. The first-order valence-corrected chi connectivity index (χ1v) is 12.0. The summed E-state index contributed by atoms with van der Waals surface area (Å²) in [6, 6.07) is 4.02. The van der Waals surface area contributed by atoms with Crippen LogP contribution in [0.1, 0.15) is 19.8 Å². The van der Waals surface area contributed by atoms with E-state index in [1.54, 1.807) is 6.07 Å². The number of aromatic nitrogens is 4. The fourth-order valence-electron chi connectivity index (χ4n) is 3.08. The number of anilines is 1. The fraction of sp³-hybridized carbons (Fsp3) is 0.450. The number of alkyl halides is 5. The van der Waals surface area contributed by atoms with Gasteiger partial charge in [-0.3, -0.25) is 4.98 Å². The third-order valence-corrected chi connectivity index (χ3v) is 6.89. The van der Waals surface area contributed by atoms with Gasteiger partial charge in [-0.05, 0) is 37.0 Å². The summed E-state index contributed by atoms with van der Waals surface area (Å²) in [5.41, 5.74) is 0.366. The molecule has 1 saturated carbocycles. The highest BCUT2D eigenvalue weighted by Crippen LogP contribution is 2.36. The lowest BCUT2D eigenvalue weighted by Gasteiger charge is -2.19. The lowest BCUT2D eigenvalue weighted by Crippen LogP contribution is -2.41. The molecule has 1 N–H and O–H groups in total. The highest BCUT2D eigenvalue weighted by Gasteiger charge is 2.58. The molecule has 3 aromatic rings. The standard InChI is InChI=1S/C20H20F5N5O3S/c1-2-34(31,32)18-16(17-26-8-7-15(30(17)29-18)28-9-12-3-4-12)14-6-5-13(10-27-14)33-11-19(21,22)20(23,24)25/h5-8,10,12,28H,2-4,9,11H2,1H3. The largest absolute Gasteiger partial charge is 0.485 e. The molecule has 3 aromatic heterocycles. The van der Waals surface area contributed by atoms with Crippen LogP contribution >= 0.6 is 0 Å². The summed E-state index contributed by atoms with van der Waals surface area (Å²) >= 11 is 0. The summed E-state index contributed by atoms with van der Waals surface area (Å²) in [4.78, 5) is 8.28. The van der Waals surface area contributed by atoms with E-state index < -0.39 is 28.5 Å². The van der Waals surface area contributed by atoms with Crippen molar-refractivity contribution in [3.05, 3.63) is 30.6 Å². The molecule has 0 bridgehead atoms. The van der Waals surface area contributed by atoms with Crippen LogP contribution in [0.5, 0.6) is 5.75 Å². The number of pyridine rings is 1. The molecule has 4 rings (SSSR count). The molecule has 0 saturated heterocycles. The molecule has 184 valence electrons. The Kier molecular flexibility index (Phi) is 6.12. The van der Waals surface area contributed by atoms with E-state index in [-0.39, 0.29) is 33.4 Å². The zero-order valence-electron chi connectivity index (χ0n) is 17.8. The van der Waals surface area contributed by atoms with Gasteiger partial charge < -0.3 is 10.1 Å². The third-order valence-electron chi connectivity index (χ3n) is 5.26. The number of rotatable bonds is 9. The zero-order chi connectivity index (χ0) is 24.7. The van der Waals surface area contributed by atoms with Crippen LogP contribution in [0.25, 0.3) is 16.9 Å². The van der Waals surface area contributed by atoms with Crippen molar-refractivity contribution in [3.63, 3.8) is 0 Å². The minimum absolute atomic E-state index is 0.0869. The molecule has 1 aliphatic carbocycles. The van der Waals surface area contributed by atoms with E-state index in [1.807, 2.05) is 0 Å². The van der Waals surface area contributed by atoms with Gasteiger partial charge in [-0.15, -0.1) is 0 Å². The average Bonchev–Trinajstić information content (AvgIpc) is 3.53. The van der Waals surface area contributed by atoms with E-state index in [2.05, 4.69) is 25.1 Å². The van der Waals surface area contributed by atoms with Crippen molar-refractivity contribution in [1.29, 1.82) is 0 Å². The highest BCUT2D eigenvalue weighted by atomic mass is 32.2. The maximum atomic E-state index is 13.1. The van der Waals surface area contributed by atoms with Crippen LogP contribution in [-0.4, -0.2) is 59.0 Å². The highest BCUT2D eigenvalue weighted by molar-refractivity contribution is 7.91. The molecular formula is C20H20F5N5O3S. The van der Waals surface area contributed by atoms with Gasteiger partial charge in [0.05, 0.1) is 23.2 Å². The first-order valence-electron chi connectivity index (χ1n) is 10.3. The van der Waals surface area contributed by atoms with E-state index in [4.69, 9.17) is 0 Å². The van der Waals surface area contributed by atoms with E-state index in [1.165, 1.54) is 23.7 Å². The van der Waals surface area contributed by atoms with Crippen molar-refractivity contribution < 1.29 is 35.1 Å². The van der Waals surface area contributed by atoms with Gasteiger partial charge in [0.25, 0.3) is 0 Å². The minimum atomic E-state index is -5.75. The van der Waals surface area contributed by atoms with Crippen LogP contribution in [0, 0.1) is 5.92 Å². The Hall–Kier alpha value is -3.03. The third kappa shape index (κ3) is 4.76. The second-order valence-electron chi connectivity index (χ2n) is 7.84. The molecular weight excluding hydrogens is 485 g/mol. The van der Waals surface area contributed by atoms with Crippen molar-refractivity contribution in [2.24, 2.45) is 5.92 Å². The van der Waals surface area contributed by atoms with Gasteiger partial charge in [0.1, 0.15) is 11.6 Å². The van der Waals surface area contributed by atoms with Crippen LogP contribution in [-0.2, 0) is 9.84 Å². The number of halogens is 5. The Morgan fingerprint density at radius 2 is 1.88 bits per heavy atom. The smallest absolute Gasteiger partial charge is 0.456 e. The molecule has 34 heavy (non-hydrogen) atoms. The van der Waals surface area contributed by atoms with Gasteiger partial charge in [-0.1, -0.05) is 6.92 Å². The fourth-order valence-corrected chi connectivity index (χ4v) is 4.06. The summed E-state index contributed by atoms with van der Waals surface area (Å²) in [7, 11) is -3.83. The van der Waals surface area contributed by atoms with Gasteiger partial charge >= 0.3 is 12.1 Å². The van der Waals surface area contributed by atoms with Crippen LogP contribution in [0.15, 0.2) is 35.6 Å². The molecule has 0 spiro atoms. The van der Waals surface area contributed by atoms with Crippen LogP contribution in [0.2, 0.25) is 0 Å². The number of nitrogens with zero attached hydrogens (tertiary/aromatic N) is 4. The number of fused-ring (bicyclic) bond motifs is 1. The molecule has 1 aliphatic rings. The van der Waals surface area contributed by atoms with E-state index in [9.17, 15) is 30.4 Å². The van der Waals surface area contributed by atoms with Crippen LogP contribution in [0.4, 0.5) is 27.8 Å². The Balaban J connectivity index is 1.70. The first-order chi connectivity index (χ1) is 15.9. The van der Waals surface area contributed by atoms with Crippen LogP contribution < -0.4 is 10.1 Å². The molecule has 1 fully saturated rings. The number of hydrogen-bond donors (Lipinski definition) is 1. The van der Waals surface area contributed by atoms with Crippen molar-refractivity contribution in [1.82, 2.24) is 19.6 Å². The van der Waals surface area contributed by atoms with E-state index >= 15 is 0 Å². The SMILES string of the molecule is CCS(=O)(=O)c1nn2c(NCC3CC3)ccnc2c1-c1ccc(OCC(F)(F)C(F)(F)F)cn1. The Bertz CT molecular complexity index is 1290. The summed E-state index contributed by atoms with van der Waals surface area (Å²) in [5, 5.41) is 7.21. The molecule has 3 heterocycles. The number of hydrogen-bond acceptors (Lipinski definition) is 7. The maximum absolute atomic E-state index is 13.1. The Labute approximate surface area is 191 Å². The average molecular weight is 505 g/mol. The van der Waals surface area contributed by atoms with Crippen molar-refractivity contribution in [3.8, 4) is 17.0 Å². The zero-order valence-corrected chi connectivity index (χ0v) is 18.6. The van der Waals surface area contributed by atoms with Gasteiger partial charge in [0.2, 0.25) is 0 Å². The molecule has 0 aliphatic heterocycles. The van der Waals surface area contributed by atoms with Gasteiger partial charge in [-0.25, -0.2) is 13.4 Å². The summed E-state index contributed by atoms with van der Waals surface area (Å²) < 4.78 is 94.7. The monoisotopic (exact) mass is 505 g/mol. The molecule has 0 radical (unpaired) electrons. The van der Waals surface area contributed by atoms with Crippen molar-refractivity contribution >= 4 is 21.3 Å². The van der Waals surface area contributed by atoms with Gasteiger partial charge in [0.15, 0.2) is 27.1 Å². The summed E-state index contributed by atoms with van der Waals surface area (Å²) in [6.07, 6.45) is -1.13. The first kappa shape index (κ1) is 24.1. The van der Waals surface area contributed by atoms with Crippen LogP contribution in [0.3, 0.4) is 0 Å². The number of sulfone groups is 1. The van der Waals surface area contributed by atoms with E-state index in [0.29, 0.717) is 18.3 Å². The van der Waals surface area contributed by atoms with Crippen molar-refractivity contribution in [2.75, 3.05) is 24.2 Å². The van der Waals surface area contributed by atoms with Gasteiger partial charge in [0, 0.05) is 12.7 Å². The van der Waals surface area contributed by atoms with E-state index in [0.717, 1.165) is 25.1 Å².